The number of amides is 2. The van der Waals surface area contributed by atoms with Crippen molar-refractivity contribution in [2.24, 2.45) is 0 Å². The molecule has 5 rings (SSSR count). The number of nitrogens with one attached hydrogen (secondary N) is 3. The Morgan fingerprint density at radius 3 is 2.35 bits per heavy atom. The van der Waals surface area contributed by atoms with Crippen molar-refractivity contribution < 1.29 is 37.3 Å². The smallest absolute Gasteiger partial charge is 0.262 e. The molecule has 0 radical (unpaired) electrons. The van der Waals surface area contributed by atoms with Gasteiger partial charge in [0.05, 0.1) is 32.4 Å². The molecule has 2 amide bonds. The fourth-order valence-corrected chi connectivity index (χ4v) is 4.93. The van der Waals surface area contributed by atoms with Crippen molar-refractivity contribution >= 4 is 34.1 Å². The monoisotopic (exact) mass is 661 g/mol. The first-order valence-corrected chi connectivity index (χ1v) is 15.5. The molecule has 0 aliphatic carbocycles. The number of methoxy groups -OCH3 is 1. The average molecular weight is 662 g/mol. The lowest BCUT2D eigenvalue weighted by Crippen LogP contribution is -2.37. The third-order valence-corrected chi connectivity index (χ3v) is 7.42. The number of rotatable bonds is 14. The SMILES string of the molecule is CCN/C=C(\C(=O)Nc1ccc(F)cc1)C(=O)Nc1ccc(Oc2ccnc3cc(OCCCN4CCOCC4)c(OC)cc23)c(F)c1. The van der Waals surface area contributed by atoms with Gasteiger partial charge in [-0.15, -0.1) is 0 Å². The lowest BCUT2D eigenvalue weighted by atomic mass is 10.1. The molecule has 13 heteroatoms. The van der Waals surface area contributed by atoms with Crippen LogP contribution in [0.5, 0.6) is 23.0 Å². The van der Waals surface area contributed by atoms with Gasteiger partial charge in [0.25, 0.3) is 11.8 Å². The van der Waals surface area contributed by atoms with Crippen LogP contribution in [0.4, 0.5) is 20.2 Å². The van der Waals surface area contributed by atoms with Gasteiger partial charge in [-0.1, -0.05) is 0 Å². The molecule has 252 valence electrons. The Kier molecular flexibility index (Phi) is 11.7. The number of aromatic nitrogens is 1. The number of ether oxygens (including phenoxy) is 4. The van der Waals surface area contributed by atoms with Crippen LogP contribution in [-0.4, -0.2) is 74.8 Å². The van der Waals surface area contributed by atoms with Crippen LogP contribution in [0.25, 0.3) is 10.9 Å². The van der Waals surface area contributed by atoms with E-state index in [0.717, 1.165) is 45.3 Å². The normalized spacial score (nSPS) is 13.5. The highest BCUT2D eigenvalue weighted by molar-refractivity contribution is 6.26. The molecule has 11 nitrogen and oxygen atoms in total. The zero-order valence-electron chi connectivity index (χ0n) is 26.7. The van der Waals surface area contributed by atoms with Crippen LogP contribution >= 0.6 is 0 Å². The Morgan fingerprint density at radius 2 is 1.65 bits per heavy atom. The third-order valence-electron chi connectivity index (χ3n) is 7.42. The molecule has 0 unspecified atom stereocenters. The van der Waals surface area contributed by atoms with Gasteiger partial charge in [-0.05, 0) is 61.9 Å². The van der Waals surface area contributed by atoms with Crippen LogP contribution in [-0.2, 0) is 14.3 Å². The molecule has 0 atom stereocenters. The summed E-state index contributed by atoms with van der Waals surface area (Å²) in [6.45, 7) is 6.96. The van der Waals surface area contributed by atoms with E-state index in [9.17, 15) is 14.0 Å². The Hall–Kier alpha value is -5.27. The molecule has 0 bridgehead atoms. The summed E-state index contributed by atoms with van der Waals surface area (Å²) < 4.78 is 51.5. The van der Waals surface area contributed by atoms with Crippen LogP contribution in [0.15, 0.2) is 78.6 Å². The summed E-state index contributed by atoms with van der Waals surface area (Å²) in [6.07, 6.45) is 3.64. The molecule has 3 aromatic carbocycles. The fraction of sp³-hybridized carbons (Fsp3) is 0.286. The third kappa shape index (κ3) is 8.96. The molecular weight excluding hydrogens is 624 g/mol. The predicted molar refractivity (Wildman–Crippen MR) is 178 cm³/mol. The molecule has 4 aromatic rings. The van der Waals surface area contributed by atoms with Gasteiger partial charge < -0.3 is 34.9 Å². The first-order valence-electron chi connectivity index (χ1n) is 15.5. The van der Waals surface area contributed by atoms with Gasteiger partial charge in [0.1, 0.15) is 17.1 Å². The number of morpholine rings is 1. The standard InChI is InChI=1S/C35H37F2N5O6/c1-3-38-22-27(34(43)40-24-7-5-23(36)6-8-24)35(44)41-25-9-10-31(28(37)19-25)48-30-11-12-39-29-21-33(32(45-2)20-26(29)30)47-16-4-13-42-14-17-46-18-15-42/h5-12,19-22,38H,3-4,13-18H2,1-2H3,(H,40,43)(H,41,44)/b27-22+. The highest BCUT2D eigenvalue weighted by atomic mass is 19.1. The average Bonchev–Trinajstić information content (AvgIpc) is 3.09. The number of hydrogen-bond donors (Lipinski definition) is 3. The summed E-state index contributed by atoms with van der Waals surface area (Å²) in [5.74, 6) is -1.48. The maximum absolute atomic E-state index is 15.3. The lowest BCUT2D eigenvalue weighted by molar-refractivity contribution is -0.118. The maximum atomic E-state index is 15.3. The second-order valence-corrected chi connectivity index (χ2v) is 10.8. The summed E-state index contributed by atoms with van der Waals surface area (Å²) in [5, 5.41) is 8.49. The number of carbonyl (C=O) groups is 2. The number of carbonyl (C=O) groups excluding carboxylic acids is 2. The zero-order valence-corrected chi connectivity index (χ0v) is 26.7. The van der Waals surface area contributed by atoms with Gasteiger partial charge in [0.2, 0.25) is 0 Å². The molecule has 1 aliphatic rings. The minimum absolute atomic E-state index is 0.0958. The molecule has 0 saturated carbocycles. The van der Waals surface area contributed by atoms with Crippen molar-refractivity contribution in [2.75, 3.05) is 63.7 Å². The van der Waals surface area contributed by atoms with Crippen LogP contribution in [0.3, 0.4) is 0 Å². The molecule has 0 spiro atoms. The van der Waals surface area contributed by atoms with E-state index >= 15 is 4.39 Å². The van der Waals surface area contributed by atoms with Crippen molar-refractivity contribution in [2.45, 2.75) is 13.3 Å². The summed E-state index contributed by atoms with van der Waals surface area (Å²) in [6, 6.07) is 14.1. The number of halogens is 2. The van der Waals surface area contributed by atoms with Crippen molar-refractivity contribution in [3.05, 3.63) is 90.3 Å². The van der Waals surface area contributed by atoms with Crippen LogP contribution in [0.2, 0.25) is 0 Å². The highest BCUT2D eigenvalue weighted by Gasteiger charge is 2.20. The number of pyridine rings is 1. The Morgan fingerprint density at radius 1 is 0.917 bits per heavy atom. The Labute approximate surface area is 276 Å². The maximum Gasteiger partial charge on any atom is 0.262 e. The van der Waals surface area contributed by atoms with E-state index in [-0.39, 0.29) is 17.0 Å². The van der Waals surface area contributed by atoms with Crippen LogP contribution in [0, 0.1) is 11.6 Å². The molecule has 1 aliphatic heterocycles. The van der Waals surface area contributed by atoms with E-state index in [1.54, 1.807) is 31.3 Å². The first-order chi connectivity index (χ1) is 23.3. The predicted octanol–water partition coefficient (Wildman–Crippen LogP) is 5.49. The van der Waals surface area contributed by atoms with E-state index < -0.39 is 23.4 Å². The van der Waals surface area contributed by atoms with E-state index in [4.69, 9.17) is 18.9 Å². The van der Waals surface area contributed by atoms with E-state index in [2.05, 4.69) is 25.8 Å². The van der Waals surface area contributed by atoms with E-state index in [0.29, 0.717) is 47.0 Å². The minimum atomic E-state index is -0.782. The molecule has 2 heterocycles. The quantitative estimate of drug-likeness (QED) is 0.0697. The van der Waals surface area contributed by atoms with Gasteiger partial charge in [-0.2, -0.15) is 0 Å². The summed E-state index contributed by atoms with van der Waals surface area (Å²) in [5.41, 5.74) is 0.700. The second kappa shape index (κ2) is 16.5. The van der Waals surface area contributed by atoms with Gasteiger partial charge in [0, 0.05) is 67.5 Å². The molecule has 1 aromatic heterocycles. The highest BCUT2D eigenvalue weighted by Crippen LogP contribution is 2.38. The lowest BCUT2D eigenvalue weighted by Gasteiger charge is -2.26. The molecule has 1 saturated heterocycles. The summed E-state index contributed by atoms with van der Waals surface area (Å²) >= 11 is 0. The number of nitrogens with zero attached hydrogens (tertiary/aromatic N) is 2. The van der Waals surface area contributed by atoms with E-state index in [1.165, 1.54) is 49.7 Å². The summed E-state index contributed by atoms with van der Waals surface area (Å²) in [7, 11) is 1.54. The minimum Gasteiger partial charge on any atom is -0.493 e. The number of hydrogen-bond acceptors (Lipinski definition) is 9. The number of anilines is 2. The van der Waals surface area contributed by atoms with Gasteiger partial charge in [0.15, 0.2) is 23.1 Å². The molecule has 48 heavy (non-hydrogen) atoms. The topological polar surface area (TPSA) is 123 Å². The largest absolute Gasteiger partial charge is 0.493 e. The number of fused-ring (bicyclic) bond motifs is 1. The van der Waals surface area contributed by atoms with Gasteiger partial charge in [-0.3, -0.25) is 19.5 Å². The zero-order chi connectivity index (χ0) is 33.9. The number of benzene rings is 3. The second-order valence-electron chi connectivity index (χ2n) is 10.8. The van der Waals surface area contributed by atoms with Crippen molar-refractivity contribution in [1.29, 1.82) is 0 Å². The molecule has 1 fully saturated rings. The first kappa shape index (κ1) is 34.1. The van der Waals surface area contributed by atoms with Crippen molar-refractivity contribution in [1.82, 2.24) is 15.2 Å². The molecular formula is C35H37F2N5O6. The van der Waals surface area contributed by atoms with Crippen LogP contribution < -0.4 is 30.2 Å². The van der Waals surface area contributed by atoms with Gasteiger partial charge >= 0.3 is 0 Å². The summed E-state index contributed by atoms with van der Waals surface area (Å²) in [4.78, 5) is 32.7. The van der Waals surface area contributed by atoms with Crippen LogP contribution in [0.1, 0.15) is 13.3 Å². The molecule has 3 N–H and O–H groups in total. The van der Waals surface area contributed by atoms with E-state index in [1.807, 2.05) is 0 Å². The van der Waals surface area contributed by atoms with Crippen molar-refractivity contribution in [3.63, 3.8) is 0 Å². The Bertz CT molecular complexity index is 1760. The van der Waals surface area contributed by atoms with Crippen molar-refractivity contribution in [3.8, 4) is 23.0 Å². The fourth-order valence-electron chi connectivity index (χ4n) is 4.93. The van der Waals surface area contributed by atoms with Gasteiger partial charge in [-0.25, -0.2) is 8.78 Å². The Balaban J connectivity index is 1.25.